The first-order chi connectivity index (χ1) is 8.08. The van der Waals surface area contributed by atoms with Gasteiger partial charge in [-0.15, -0.1) is 0 Å². The second-order valence-corrected chi connectivity index (χ2v) is 4.50. The normalized spacial score (nSPS) is 10.4. The van der Waals surface area contributed by atoms with Crippen molar-refractivity contribution in [2.24, 2.45) is 0 Å². The molecule has 0 bridgehead atoms. The molecule has 2 heterocycles. The van der Waals surface area contributed by atoms with Crippen LogP contribution in [-0.4, -0.2) is 22.8 Å². The van der Waals surface area contributed by atoms with E-state index < -0.39 is 0 Å². The van der Waals surface area contributed by atoms with E-state index in [0.29, 0.717) is 14.9 Å². The predicted molar refractivity (Wildman–Crippen MR) is 69.6 cm³/mol. The van der Waals surface area contributed by atoms with Crippen molar-refractivity contribution in [3.63, 3.8) is 0 Å². The Labute approximate surface area is 108 Å². The zero-order valence-electron chi connectivity index (χ0n) is 8.59. The Morgan fingerprint density at radius 1 is 1.24 bits per heavy atom. The Balaban J connectivity index is 2.35. The Kier molecular flexibility index (Phi) is 3.39. The predicted octanol–water partition coefficient (Wildman–Crippen LogP) is 0.634. The van der Waals surface area contributed by atoms with Crippen LogP contribution in [0.2, 0.25) is 5.02 Å². The molecule has 0 saturated carbocycles. The van der Waals surface area contributed by atoms with E-state index in [0.717, 1.165) is 0 Å². The van der Waals surface area contributed by atoms with Crippen LogP contribution < -0.4 is 17.1 Å². The Hall–Kier alpha value is -1.47. The molecule has 4 N–H and O–H groups in total. The molecule has 0 aromatic carbocycles. The van der Waals surface area contributed by atoms with Crippen LogP contribution in [0.3, 0.4) is 0 Å². The number of pyridine rings is 1. The second-order valence-electron chi connectivity index (χ2n) is 3.10. The molecule has 2 radical (unpaired) electrons. The van der Waals surface area contributed by atoms with E-state index >= 15 is 0 Å². The van der Waals surface area contributed by atoms with E-state index in [1.165, 1.54) is 18.0 Å². The highest BCUT2D eigenvalue weighted by atomic mass is 35.5. The SMILES string of the molecule is [B]c1cnc(Sc2ccnc(N)c2Cl)c(N)n1. The maximum absolute atomic E-state index is 6.00. The molecule has 0 saturated heterocycles. The van der Waals surface area contributed by atoms with Crippen molar-refractivity contribution in [2.75, 3.05) is 11.5 Å². The van der Waals surface area contributed by atoms with Gasteiger partial charge in [-0.1, -0.05) is 23.4 Å². The topological polar surface area (TPSA) is 90.7 Å². The molecular weight excluding hydrogens is 256 g/mol. The number of rotatable bonds is 2. The van der Waals surface area contributed by atoms with E-state index in [2.05, 4.69) is 15.0 Å². The third-order valence-corrected chi connectivity index (χ3v) is 3.45. The number of nitrogen functional groups attached to an aromatic ring is 2. The first-order valence-electron chi connectivity index (χ1n) is 4.53. The maximum Gasteiger partial charge on any atom is 0.155 e. The van der Waals surface area contributed by atoms with E-state index in [1.54, 1.807) is 12.3 Å². The maximum atomic E-state index is 6.00. The molecule has 17 heavy (non-hydrogen) atoms. The average Bonchev–Trinajstić information content (AvgIpc) is 2.28. The van der Waals surface area contributed by atoms with Gasteiger partial charge in [0.1, 0.15) is 18.7 Å². The third kappa shape index (κ3) is 2.62. The van der Waals surface area contributed by atoms with Crippen LogP contribution in [0.1, 0.15) is 0 Å². The largest absolute Gasteiger partial charge is 0.382 e. The van der Waals surface area contributed by atoms with Gasteiger partial charge in [0.2, 0.25) is 0 Å². The lowest BCUT2D eigenvalue weighted by molar-refractivity contribution is 1.09. The summed E-state index contributed by atoms with van der Waals surface area (Å²) in [5.41, 5.74) is 11.6. The quantitative estimate of drug-likeness (QED) is 0.773. The number of aromatic nitrogens is 3. The lowest BCUT2D eigenvalue weighted by Crippen LogP contribution is -2.12. The summed E-state index contributed by atoms with van der Waals surface area (Å²) in [6, 6.07) is 1.72. The van der Waals surface area contributed by atoms with Crippen LogP contribution in [0.25, 0.3) is 0 Å². The molecule has 0 aliphatic rings. The number of hydrogen-bond acceptors (Lipinski definition) is 6. The van der Waals surface area contributed by atoms with Crippen molar-refractivity contribution in [2.45, 2.75) is 9.92 Å². The summed E-state index contributed by atoms with van der Waals surface area (Å²) in [7, 11) is 5.46. The van der Waals surface area contributed by atoms with Crippen molar-refractivity contribution < 1.29 is 0 Å². The zero-order valence-corrected chi connectivity index (χ0v) is 10.2. The summed E-state index contributed by atoms with van der Waals surface area (Å²) in [5, 5.41) is 0.891. The summed E-state index contributed by atoms with van der Waals surface area (Å²) in [4.78, 5) is 12.6. The van der Waals surface area contributed by atoms with Gasteiger partial charge < -0.3 is 11.5 Å². The Morgan fingerprint density at radius 3 is 2.71 bits per heavy atom. The molecule has 84 valence electrons. The average molecular weight is 264 g/mol. The number of nitrogens with zero attached hydrogens (tertiary/aromatic N) is 3. The summed E-state index contributed by atoms with van der Waals surface area (Å²) in [6.45, 7) is 0. The van der Waals surface area contributed by atoms with Gasteiger partial charge in [-0.3, -0.25) is 0 Å². The first-order valence-corrected chi connectivity index (χ1v) is 5.73. The molecule has 2 aromatic rings. The minimum absolute atomic E-state index is 0.251. The molecule has 2 rings (SSSR count). The highest BCUT2D eigenvalue weighted by molar-refractivity contribution is 7.99. The lowest BCUT2D eigenvalue weighted by atomic mass is 10.1. The minimum atomic E-state index is 0.251. The standard InChI is InChI=1S/C9H7BClN5S/c10-5-3-15-9(8(13)16-5)17-4-1-2-14-7(12)6(4)11/h1-3H,(H2,12,14)(H2,13,16). The van der Waals surface area contributed by atoms with Gasteiger partial charge in [0, 0.05) is 22.9 Å². The van der Waals surface area contributed by atoms with E-state index in [9.17, 15) is 0 Å². The van der Waals surface area contributed by atoms with Gasteiger partial charge in [-0.05, 0) is 6.07 Å². The molecule has 2 aromatic heterocycles. The van der Waals surface area contributed by atoms with E-state index in [1.807, 2.05) is 0 Å². The first kappa shape index (κ1) is 12.0. The molecule has 0 spiro atoms. The van der Waals surface area contributed by atoms with Gasteiger partial charge in [-0.2, -0.15) is 0 Å². The van der Waals surface area contributed by atoms with Crippen LogP contribution in [0.5, 0.6) is 0 Å². The number of halogens is 1. The van der Waals surface area contributed by atoms with Gasteiger partial charge in [0.25, 0.3) is 0 Å². The molecule has 0 unspecified atom stereocenters. The molecule has 5 nitrogen and oxygen atoms in total. The summed E-state index contributed by atoms with van der Waals surface area (Å²) in [5.74, 6) is 0.514. The van der Waals surface area contributed by atoms with Crippen LogP contribution in [0.15, 0.2) is 28.4 Å². The number of anilines is 2. The molecule has 0 atom stereocenters. The molecule has 0 aliphatic heterocycles. The Morgan fingerprint density at radius 2 is 2.00 bits per heavy atom. The van der Waals surface area contributed by atoms with Crippen molar-refractivity contribution >= 4 is 48.4 Å². The highest BCUT2D eigenvalue weighted by Gasteiger charge is 2.10. The fourth-order valence-electron chi connectivity index (χ4n) is 1.11. The van der Waals surface area contributed by atoms with E-state index in [-0.39, 0.29) is 17.2 Å². The van der Waals surface area contributed by atoms with Gasteiger partial charge in [0.05, 0.1) is 5.02 Å². The summed E-state index contributed by atoms with van der Waals surface area (Å²) >= 11 is 7.26. The molecule has 8 heteroatoms. The van der Waals surface area contributed by atoms with Crippen LogP contribution in [0.4, 0.5) is 11.6 Å². The van der Waals surface area contributed by atoms with Crippen LogP contribution in [0, 0.1) is 0 Å². The third-order valence-electron chi connectivity index (χ3n) is 1.87. The molecule has 0 aliphatic carbocycles. The second kappa shape index (κ2) is 4.81. The van der Waals surface area contributed by atoms with Crippen LogP contribution in [-0.2, 0) is 0 Å². The molecule has 0 fully saturated rings. The molecular formula is C9H7BClN5S. The summed E-state index contributed by atoms with van der Waals surface area (Å²) < 4.78 is 0. The monoisotopic (exact) mass is 263 g/mol. The Bertz CT molecular complexity index is 565. The summed E-state index contributed by atoms with van der Waals surface area (Å²) in [6.07, 6.45) is 2.99. The fraction of sp³-hybridized carbons (Fsp3) is 0. The lowest BCUT2D eigenvalue weighted by Gasteiger charge is -2.06. The number of nitrogens with two attached hydrogens (primary N) is 2. The zero-order chi connectivity index (χ0) is 12.4. The minimum Gasteiger partial charge on any atom is -0.382 e. The smallest absolute Gasteiger partial charge is 0.155 e. The van der Waals surface area contributed by atoms with Crippen LogP contribution >= 0.6 is 23.4 Å². The highest BCUT2D eigenvalue weighted by Crippen LogP contribution is 2.35. The number of hydrogen-bond donors (Lipinski definition) is 2. The van der Waals surface area contributed by atoms with Crippen molar-refractivity contribution in [1.82, 2.24) is 15.0 Å². The fourth-order valence-corrected chi connectivity index (χ4v) is 2.12. The van der Waals surface area contributed by atoms with E-state index in [4.69, 9.17) is 30.9 Å². The van der Waals surface area contributed by atoms with Gasteiger partial charge in [0.15, 0.2) is 5.82 Å². The van der Waals surface area contributed by atoms with Gasteiger partial charge in [-0.25, -0.2) is 15.0 Å². The molecule has 0 amide bonds. The van der Waals surface area contributed by atoms with Gasteiger partial charge >= 0.3 is 0 Å². The van der Waals surface area contributed by atoms with Crippen molar-refractivity contribution in [3.8, 4) is 0 Å². The van der Waals surface area contributed by atoms with Crippen molar-refractivity contribution in [3.05, 3.63) is 23.5 Å². The van der Waals surface area contributed by atoms with Crippen molar-refractivity contribution in [1.29, 1.82) is 0 Å².